The van der Waals surface area contributed by atoms with Gasteiger partial charge in [-0.3, -0.25) is 9.98 Å². The molecule has 1 aromatic heterocycles. The molecule has 0 saturated carbocycles. The molecule has 7 rings (SSSR count). The summed E-state index contributed by atoms with van der Waals surface area (Å²) in [5.74, 6) is 0.391. The van der Waals surface area contributed by atoms with Gasteiger partial charge < -0.3 is 9.80 Å². The molecule has 2 atom stereocenters. The first kappa shape index (κ1) is 35.0. The fourth-order valence-electron chi connectivity index (χ4n) is 6.68. The topological polar surface area (TPSA) is 31.7 Å². The summed E-state index contributed by atoms with van der Waals surface area (Å²) in [6, 6.07) is 23.3. The number of hydrogen-bond donors (Lipinski definition) is 0. The molecule has 3 aliphatic rings. The van der Waals surface area contributed by atoms with E-state index in [0.29, 0.717) is 5.92 Å². The molecule has 7 heteroatoms. The van der Waals surface area contributed by atoms with Gasteiger partial charge in [0.05, 0.1) is 5.69 Å². The van der Waals surface area contributed by atoms with Gasteiger partial charge >= 0.3 is 73.4 Å². The third kappa shape index (κ3) is 8.96. The van der Waals surface area contributed by atoms with Crippen LogP contribution >= 0.6 is 19.4 Å². The molecule has 2 aliphatic heterocycles. The van der Waals surface area contributed by atoms with Crippen LogP contribution in [-0.2, 0) is 13.5 Å². The van der Waals surface area contributed by atoms with Crippen molar-refractivity contribution < 1.29 is 13.5 Å². The minimum atomic E-state index is -1.61. The second-order valence-electron chi connectivity index (χ2n) is 12.3. The van der Waals surface area contributed by atoms with Gasteiger partial charge in [-0.25, -0.2) is 0 Å². The van der Waals surface area contributed by atoms with Crippen molar-refractivity contribution in [2.24, 2.45) is 10.9 Å². The summed E-state index contributed by atoms with van der Waals surface area (Å²) >= 11 is -1.61. The van der Waals surface area contributed by atoms with Gasteiger partial charge in [0, 0.05) is 42.8 Å². The standard InChI is InChI=1S/C21H27N2.C12H10N2.C7H6.2ClH.Ru/c1-14-9-16(3)20(17(4)10-14)22-7-8-23(13-22)21-18(5)11-15(2)12-19(21)6;1-3-9-5-6-10-4-2-8-14-12(10)11(9)13-7-1;1-7-5-3-2-4-6-7;;;/h9-13H,7-8H2,1-6H3;1-9,11H;1-6H;2*1H;/q-1;;;;;+2/p-2. The summed E-state index contributed by atoms with van der Waals surface area (Å²) in [6.07, 6.45) is 12.2. The third-order valence-corrected chi connectivity index (χ3v) is 10.3. The number of fused-ring (bicyclic) bond motifs is 3. The minimum absolute atomic E-state index is 0.196. The molecule has 0 bridgehead atoms. The molecule has 47 heavy (non-hydrogen) atoms. The van der Waals surface area contributed by atoms with Crippen molar-refractivity contribution in [3.05, 3.63) is 148 Å². The Bertz CT molecular complexity index is 1720. The molecule has 1 aliphatic carbocycles. The number of anilines is 2. The van der Waals surface area contributed by atoms with Gasteiger partial charge in [0.25, 0.3) is 0 Å². The number of allylic oxidation sites excluding steroid dienone is 1. The van der Waals surface area contributed by atoms with E-state index in [0.717, 1.165) is 24.3 Å². The number of nitrogens with zero attached hydrogens (tertiary/aromatic N) is 4. The number of aryl methyl sites for hydroxylation is 6. The van der Waals surface area contributed by atoms with Gasteiger partial charge in [0.2, 0.25) is 0 Å². The van der Waals surface area contributed by atoms with Crippen LogP contribution in [0.3, 0.4) is 0 Å². The molecule has 1 fully saturated rings. The quantitative estimate of drug-likeness (QED) is 0.154. The van der Waals surface area contributed by atoms with E-state index in [2.05, 4.69) is 117 Å². The number of pyridine rings is 1. The summed E-state index contributed by atoms with van der Waals surface area (Å²) in [4.78, 5) is 13.7. The van der Waals surface area contributed by atoms with E-state index in [1.54, 1.807) is 0 Å². The van der Waals surface area contributed by atoms with Crippen molar-refractivity contribution in [1.82, 2.24) is 4.98 Å². The maximum atomic E-state index is 5.67. The van der Waals surface area contributed by atoms with Crippen molar-refractivity contribution in [1.29, 1.82) is 0 Å². The molecule has 3 heterocycles. The van der Waals surface area contributed by atoms with Gasteiger partial charge in [-0.15, -0.1) is 0 Å². The van der Waals surface area contributed by atoms with Crippen LogP contribution in [0.1, 0.15) is 56.2 Å². The Morgan fingerprint density at radius 2 is 1.34 bits per heavy atom. The Morgan fingerprint density at radius 3 is 1.89 bits per heavy atom. The Kier molecular flexibility index (Phi) is 12.0. The molecule has 3 aromatic carbocycles. The monoisotopic (exact) mass is 751 g/mol. The molecule has 1 saturated heterocycles. The van der Waals surface area contributed by atoms with Crippen LogP contribution in [0.25, 0.3) is 6.08 Å². The number of halogens is 2. The summed E-state index contributed by atoms with van der Waals surface area (Å²) < 4.78 is 1.92. The fraction of sp³-hybridized carbons (Fsp3) is 0.250. The second-order valence-corrected chi connectivity index (χ2v) is 18.0. The summed E-state index contributed by atoms with van der Waals surface area (Å²) in [7, 11) is 11.3. The van der Waals surface area contributed by atoms with Crippen molar-refractivity contribution in [3.63, 3.8) is 0 Å². The van der Waals surface area contributed by atoms with Crippen LogP contribution < -0.4 is 9.80 Å². The van der Waals surface area contributed by atoms with E-state index in [9.17, 15) is 0 Å². The molecule has 246 valence electrons. The van der Waals surface area contributed by atoms with Crippen molar-refractivity contribution in [2.45, 2.75) is 47.6 Å². The second kappa shape index (κ2) is 16.2. The van der Waals surface area contributed by atoms with E-state index >= 15 is 0 Å². The molecule has 0 N–H and O–H groups in total. The first-order valence-corrected chi connectivity index (χ1v) is 21.3. The van der Waals surface area contributed by atoms with Crippen molar-refractivity contribution in [3.8, 4) is 0 Å². The average molecular weight is 752 g/mol. The average Bonchev–Trinajstić information content (AvgIpc) is 3.50. The van der Waals surface area contributed by atoms with E-state index in [-0.39, 0.29) is 6.04 Å². The van der Waals surface area contributed by atoms with E-state index in [4.69, 9.17) is 19.4 Å². The van der Waals surface area contributed by atoms with Crippen LogP contribution in [0.15, 0.2) is 96.1 Å². The fourth-order valence-corrected chi connectivity index (χ4v) is 8.51. The SMILES string of the molecule is C1=CC2C=Cc3cccnc3C2N=C1.Cc1cc(C)c(N2[CH-]N(c3c(C)cc(C)cc3C)CC2)c(C)c1.[Cl][Ru]([Cl])=[CH]c1ccccc1. The zero-order chi connectivity index (χ0) is 33.5. The van der Waals surface area contributed by atoms with E-state index in [1.165, 1.54) is 50.3 Å². The predicted octanol–water partition coefficient (Wildman–Crippen LogP) is 10.2. The van der Waals surface area contributed by atoms with Gasteiger partial charge in [-0.05, 0) is 81.5 Å². The molecular formula is C40H43Cl2N4Ru-. The summed E-state index contributed by atoms with van der Waals surface area (Å²) in [5.41, 5.74) is 14.2. The van der Waals surface area contributed by atoms with Crippen molar-refractivity contribution in [2.75, 3.05) is 22.9 Å². The molecule has 4 nitrogen and oxygen atoms in total. The number of aromatic nitrogens is 1. The molecule has 0 spiro atoms. The zero-order valence-electron chi connectivity index (χ0n) is 27.9. The van der Waals surface area contributed by atoms with E-state index in [1.807, 2.05) is 59.5 Å². The van der Waals surface area contributed by atoms with Gasteiger partial charge in [0.15, 0.2) is 0 Å². The Labute approximate surface area is 294 Å². The van der Waals surface area contributed by atoms with Crippen LogP contribution in [0.4, 0.5) is 11.4 Å². The van der Waals surface area contributed by atoms with Gasteiger partial charge in [-0.2, -0.15) is 6.67 Å². The molecular weight excluding hydrogens is 708 g/mol. The van der Waals surface area contributed by atoms with Crippen molar-refractivity contribution >= 4 is 47.7 Å². The summed E-state index contributed by atoms with van der Waals surface area (Å²) in [5, 5.41) is 0. The number of rotatable bonds is 3. The van der Waals surface area contributed by atoms with Crippen LogP contribution in [0.2, 0.25) is 0 Å². The van der Waals surface area contributed by atoms with Gasteiger partial charge in [-0.1, -0.05) is 59.7 Å². The Hall–Kier alpha value is -3.37. The zero-order valence-corrected chi connectivity index (χ0v) is 31.2. The van der Waals surface area contributed by atoms with Crippen LogP contribution in [-0.4, -0.2) is 28.9 Å². The normalized spacial score (nSPS) is 17.6. The molecule has 0 amide bonds. The number of benzene rings is 3. The number of hydrogen-bond acceptors (Lipinski definition) is 4. The molecule has 2 unspecified atom stereocenters. The van der Waals surface area contributed by atoms with Crippen LogP contribution in [0, 0.1) is 54.1 Å². The number of aliphatic imine (C=N–C) groups is 1. The first-order chi connectivity index (χ1) is 22.6. The number of dihydropyridines is 1. The molecule has 4 aromatic rings. The maximum absolute atomic E-state index is 5.67. The van der Waals surface area contributed by atoms with Crippen LogP contribution in [0.5, 0.6) is 0 Å². The molecule has 0 radical (unpaired) electrons. The summed E-state index contributed by atoms with van der Waals surface area (Å²) in [6.45, 7) is 17.6. The predicted molar refractivity (Wildman–Crippen MR) is 201 cm³/mol. The Morgan fingerprint density at radius 1 is 0.766 bits per heavy atom. The Balaban J connectivity index is 0.000000153. The first-order valence-electron chi connectivity index (χ1n) is 15.9. The van der Waals surface area contributed by atoms with Gasteiger partial charge in [0.1, 0.15) is 6.04 Å². The van der Waals surface area contributed by atoms with E-state index < -0.39 is 13.5 Å². The third-order valence-electron chi connectivity index (χ3n) is 8.38.